The Hall–Kier alpha value is -3.83. The number of aryl methyl sites for hydroxylation is 1. The summed E-state index contributed by atoms with van der Waals surface area (Å²) in [5.41, 5.74) is -1.13. The van der Waals surface area contributed by atoms with Crippen molar-refractivity contribution in [1.82, 2.24) is 4.90 Å². The molecule has 2 aromatic rings. The molecule has 0 spiro atoms. The predicted molar refractivity (Wildman–Crippen MR) is 234 cm³/mol. The quantitative estimate of drug-likeness (QED) is 0.144. The molecule has 14 atom stereocenters. The lowest BCUT2D eigenvalue weighted by Crippen LogP contribution is -2.60. The van der Waals surface area contributed by atoms with Crippen molar-refractivity contribution in [3.63, 3.8) is 0 Å². The summed E-state index contributed by atoms with van der Waals surface area (Å²) in [6.07, 6.45) is -5.49. The number of nitrogens with zero attached hydrogens (tertiary/aromatic N) is 3. The second kappa shape index (κ2) is 21.7. The van der Waals surface area contributed by atoms with Gasteiger partial charge in [-0.15, -0.1) is 0 Å². The number of aliphatic hydroxyl groups is 3. The average molecular weight is 872 g/mol. The first-order valence-electron chi connectivity index (χ1n) is 21.6. The van der Waals surface area contributed by atoms with Crippen molar-refractivity contribution < 1.29 is 57.7 Å². The zero-order valence-electron chi connectivity index (χ0n) is 38.7. The summed E-state index contributed by atoms with van der Waals surface area (Å²) in [5.74, 6) is -4.74. The summed E-state index contributed by atoms with van der Waals surface area (Å²) in [7, 11) is 6.83. The number of hydrogen-bond acceptors (Lipinski definition) is 14. The van der Waals surface area contributed by atoms with Crippen molar-refractivity contribution in [3.05, 3.63) is 65.0 Å². The summed E-state index contributed by atoms with van der Waals surface area (Å²) in [4.78, 5) is 30.1. The fourth-order valence-corrected chi connectivity index (χ4v) is 9.11. The molecular formula is C47H70FN3O11. The van der Waals surface area contributed by atoms with Gasteiger partial charge in [0.25, 0.3) is 0 Å². The van der Waals surface area contributed by atoms with Gasteiger partial charge in [0, 0.05) is 30.7 Å². The van der Waals surface area contributed by atoms with Crippen molar-refractivity contribution in [2.45, 2.75) is 148 Å². The van der Waals surface area contributed by atoms with E-state index in [1.165, 1.54) is 26.2 Å². The minimum Gasteiger partial charge on any atom is -0.497 e. The first-order valence-corrected chi connectivity index (χ1v) is 21.6. The highest BCUT2D eigenvalue weighted by atomic mass is 19.1. The summed E-state index contributed by atoms with van der Waals surface area (Å²) in [6, 6.07) is 11.2. The number of hydrogen-bond donors (Lipinski definition) is 3. The van der Waals surface area contributed by atoms with Gasteiger partial charge in [-0.25, -0.2) is 4.39 Å². The molecule has 2 fully saturated rings. The van der Waals surface area contributed by atoms with Crippen LogP contribution in [0.1, 0.15) is 91.3 Å². The number of ether oxygens (including phenoxy) is 6. The molecule has 0 aliphatic carbocycles. The third kappa shape index (κ3) is 12.2. The molecule has 2 aromatic carbocycles. The van der Waals surface area contributed by atoms with Crippen LogP contribution in [0.4, 0.5) is 4.39 Å². The minimum absolute atomic E-state index is 0.126. The van der Waals surface area contributed by atoms with E-state index in [1.54, 1.807) is 66.1 Å². The van der Waals surface area contributed by atoms with Crippen molar-refractivity contribution in [2.75, 3.05) is 28.3 Å². The number of aliphatic hydroxyl groups excluding tert-OH is 2. The highest BCUT2D eigenvalue weighted by molar-refractivity contribution is 5.90. The normalized spacial score (nSPS) is 36.0. The van der Waals surface area contributed by atoms with E-state index in [0.717, 1.165) is 5.56 Å². The fraction of sp³-hybridized carbons (Fsp3) is 0.660. The first-order chi connectivity index (χ1) is 29.1. The molecular weight excluding hydrogens is 802 g/mol. The predicted octanol–water partition coefficient (Wildman–Crippen LogP) is 5.67. The van der Waals surface area contributed by atoms with Gasteiger partial charge in [-0.05, 0) is 127 Å². The zero-order valence-corrected chi connectivity index (χ0v) is 38.7. The van der Waals surface area contributed by atoms with Gasteiger partial charge in [-0.3, -0.25) is 9.59 Å². The van der Waals surface area contributed by atoms with Crippen LogP contribution in [0.3, 0.4) is 0 Å². The maximum absolute atomic E-state index is 14.4. The van der Waals surface area contributed by atoms with E-state index in [-0.39, 0.29) is 31.4 Å². The molecule has 14 nitrogen and oxygen atoms in total. The molecule has 4 unspecified atom stereocenters. The fourth-order valence-electron chi connectivity index (χ4n) is 9.11. The Morgan fingerprint density at radius 3 is 2.27 bits per heavy atom. The number of cyclic esters (lactones) is 1. The Morgan fingerprint density at radius 2 is 1.69 bits per heavy atom. The monoisotopic (exact) mass is 871 g/mol. The Balaban J connectivity index is 1.90. The van der Waals surface area contributed by atoms with Crippen LogP contribution in [-0.2, 0) is 39.7 Å². The molecule has 346 valence electrons. The number of likely N-dealkylation sites (N-methyl/N-ethyl adjacent to an activating group) is 1. The van der Waals surface area contributed by atoms with E-state index >= 15 is 0 Å². The average Bonchev–Trinajstić information content (AvgIpc) is 3.21. The van der Waals surface area contributed by atoms with Crippen LogP contribution in [-0.4, -0.2) is 133 Å². The number of halogens is 1. The summed E-state index contributed by atoms with van der Waals surface area (Å²) in [5, 5.41) is 44.9. The van der Waals surface area contributed by atoms with Crippen LogP contribution in [0.15, 0.2) is 52.7 Å². The van der Waals surface area contributed by atoms with Crippen molar-refractivity contribution in [2.24, 2.45) is 33.9 Å². The minimum atomic E-state index is -1.98. The Labute approximate surface area is 366 Å². The van der Waals surface area contributed by atoms with E-state index in [2.05, 4.69) is 10.2 Å². The molecule has 15 heteroatoms. The maximum atomic E-state index is 14.4. The van der Waals surface area contributed by atoms with Gasteiger partial charge in [0.15, 0.2) is 6.29 Å². The largest absolute Gasteiger partial charge is 0.497 e. The topological polar surface area (TPSA) is 178 Å². The van der Waals surface area contributed by atoms with Crippen molar-refractivity contribution in [3.8, 4) is 5.75 Å². The Kier molecular flexibility index (Phi) is 17.8. The number of rotatable bonds is 11. The summed E-state index contributed by atoms with van der Waals surface area (Å²) < 4.78 is 51.6. The smallest absolute Gasteiger partial charge is 0.312 e. The lowest BCUT2D eigenvalue weighted by atomic mass is 9.73. The molecule has 0 aromatic heterocycles. The van der Waals surface area contributed by atoms with Gasteiger partial charge in [0.1, 0.15) is 35.5 Å². The number of benzene rings is 2. The van der Waals surface area contributed by atoms with E-state index < -0.39 is 89.4 Å². The molecule has 0 saturated carbocycles. The molecule has 4 rings (SSSR count). The molecule has 2 saturated heterocycles. The molecule has 3 N–H and O–H groups in total. The molecule has 0 bridgehead atoms. The first kappa shape index (κ1) is 50.8. The maximum Gasteiger partial charge on any atom is 0.312 e. The molecule has 62 heavy (non-hydrogen) atoms. The van der Waals surface area contributed by atoms with E-state index in [0.29, 0.717) is 29.0 Å². The number of carbonyl (C=O) groups is 2. The Bertz CT molecular complexity index is 1840. The van der Waals surface area contributed by atoms with Crippen LogP contribution in [0.5, 0.6) is 5.75 Å². The SMILES string of the molecule is CC[C@H]1OC(=O)[C@H](C)[C@@H](OC(=O)Cc2cc(C)cc(F)c2)[C@H](C)[C@@H](OC2OC(C)CC(N(C)C)C2O)[C@](C)(OC)C[C@@H](C)/C(=N\N=C\c2ccc(OC)cc2)[C@H](C)[C@@H](O)[C@]1(C)O. The van der Waals surface area contributed by atoms with Crippen LogP contribution < -0.4 is 4.74 Å². The lowest BCUT2D eigenvalue weighted by molar-refractivity contribution is -0.301. The third-order valence-corrected chi connectivity index (χ3v) is 12.7. The molecule has 0 radical (unpaired) electrons. The van der Waals surface area contributed by atoms with E-state index in [1.807, 2.05) is 51.9 Å². The van der Waals surface area contributed by atoms with Gasteiger partial charge < -0.3 is 48.6 Å². The second-order valence-electron chi connectivity index (χ2n) is 18.0. The second-order valence-corrected chi connectivity index (χ2v) is 18.0. The number of methoxy groups -OCH3 is 2. The highest BCUT2D eigenvalue weighted by Gasteiger charge is 2.52. The number of carbonyl (C=O) groups excluding carboxylic acids is 2. The zero-order chi connectivity index (χ0) is 46.3. The Morgan fingerprint density at radius 1 is 1.03 bits per heavy atom. The summed E-state index contributed by atoms with van der Waals surface area (Å²) >= 11 is 0. The van der Waals surface area contributed by atoms with Crippen LogP contribution in [0.25, 0.3) is 0 Å². The van der Waals surface area contributed by atoms with Crippen LogP contribution in [0.2, 0.25) is 0 Å². The molecule has 2 aliphatic rings. The van der Waals surface area contributed by atoms with Gasteiger partial charge in [0.05, 0.1) is 49.6 Å². The van der Waals surface area contributed by atoms with Gasteiger partial charge in [0.2, 0.25) is 0 Å². The molecule has 0 amide bonds. The standard InChI is InChI=1S/C47H70FN3O11/c1-14-37-47(9,56)42(54)29(5)39(50-49-25-32-15-17-35(57-12)18-16-32)27(3)24-46(8,58-13)43(62-45-40(53)36(51(10)11)21-28(4)59-45)30(6)41(31(7)44(55)60-37)61-38(52)23-33-19-26(2)20-34(48)22-33/h15-20,22,25,27-31,36-37,40-43,45,53-54,56H,14,21,23-24H2,1-13H3/b49-25+,50-39+/t27-,28?,29+,30+,31-,36?,37-,40?,41+,42-,43-,45?,46-,47-/m1/s1. The molecule has 2 heterocycles. The van der Waals surface area contributed by atoms with Crippen molar-refractivity contribution >= 4 is 23.9 Å². The van der Waals surface area contributed by atoms with E-state index in [4.69, 9.17) is 28.4 Å². The highest BCUT2D eigenvalue weighted by Crippen LogP contribution is 2.40. The molecule has 2 aliphatic heterocycles. The van der Waals surface area contributed by atoms with E-state index in [9.17, 15) is 29.3 Å². The van der Waals surface area contributed by atoms with Gasteiger partial charge in [-0.2, -0.15) is 10.2 Å². The van der Waals surface area contributed by atoms with Gasteiger partial charge in [-0.1, -0.05) is 33.8 Å². The van der Waals surface area contributed by atoms with Crippen LogP contribution >= 0.6 is 0 Å². The number of esters is 2. The summed E-state index contributed by atoms with van der Waals surface area (Å²) in [6.45, 7) is 15.5. The van der Waals surface area contributed by atoms with Crippen molar-refractivity contribution in [1.29, 1.82) is 0 Å². The lowest BCUT2D eigenvalue weighted by Gasteiger charge is -2.48. The van der Waals surface area contributed by atoms with Gasteiger partial charge >= 0.3 is 11.9 Å². The third-order valence-electron chi connectivity index (χ3n) is 12.7. The van der Waals surface area contributed by atoms with Crippen LogP contribution in [0, 0.1) is 36.4 Å².